The predicted molar refractivity (Wildman–Crippen MR) is 176 cm³/mol. The fourth-order valence-corrected chi connectivity index (χ4v) is 8.75. The van der Waals surface area contributed by atoms with Gasteiger partial charge in [-0.25, -0.2) is 18.6 Å². The van der Waals surface area contributed by atoms with E-state index in [2.05, 4.69) is 10.3 Å². The van der Waals surface area contributed by atoms with E-state index in [4.69, 9.17) is 14.2 Å². The van der Waals surface area contributed by atoms with E-state index >= 15 is 22.0 Å². The van der Waals surface area contributed by atoms with Gasteiger partial charge in [0, 0.05) is 23.8 Å². The van der Waals surface area contributed by atoms with Crippen molar-refractivity contribution < 1.29 is 50.5 Å². The second-order valence-electron chi connectivity index (χ2n) is 15.7. The highest BCUT2D eigenvalue weighted by Crippen LogP contribution is 2.58. The average Bonchev–Trinajstić information content (AvgIpc) is 3.57. The van der Waals surface area contributed by atoms with Gasteiger partial charge in [-0.05, 0) is 74.3 Å². The smallest absolute Gasteiger partial charge is 0.417 e. The van der Waals surface area contributed by atoms with Crippen molar-refractivity contribution in [3.8, 4) is 11.6 Å². The van der Waals surface area contributed by atoms with Crippen LogP contribution in [0.15, 0.2) is 18.2 Å². The van der Waals surface area contributed by atoms with E-state index in [0.29, 0.717) is 18.8 Å². The zero-order chi connectivity index (χ0) is 37.2. The summed E-state index contributed by atoms with van der Waals surface area (Å²) in [4.78, 5) is 46.5. The van der Waals surface area contributed by atoms with Crippen molar-refractivity contribution in [2.45, 2.75) is 116 Å². The maximum absolute atomic E-state index is 16.5. The normalized spacial score (nSPS) is 31.3. The molecule has 1 N–H and O–H groups in total. The molecule has 0 spiro atoms. The lowest BCUT2D eigenvalue weighted by Gasteiger charge is -2.36. The van der Waals surface area contributed by atoms with Crippen LogP contribution >= 0.6 is 0 Å². The first-order valence-corrected chi connectivity index (χ1v) is 17.8. The molecular weight excluding hydrogens is 677 g/mol. The van der Waals surface area contributed by atoms with E-state index in [1.165, 1.54) is 31.1 Å². The van der Waals surface area contributed by atoms with Gasteiger partial charge in [0.15, 0.2) is 5.78 Å². The molecule has 1 aromatic carbocycles. The van der Waals surface area contributed by atoms with Crippen LogP contribution in [0.1, 0.15) is 90.7 Å². The number of amides is 2. The second kappa shape index (κ2) is 13.4. The Balaban J connectivity index is 1.51. The summed E-state index contributed by atoms with van der Waals surface area (Å²) in [5, 5.41) is 2.23. The third kappa shape index (κ3) is 7.07. The highest BCUT2D eigenvalue weighted by Gasteiger charge is 2.56. The zero-order valence-corrected chi connectivity index (χ0v) is 29.7. The molecule has 9 nitrogen and oxygen atoms in total. The number of Topliss-reactive ketones (excluding diaryl/α,β-unsaturated/α-hetero) is 1. The molecule has 2 saturated carbocycles. The van der Waals surface area contributed by atoms with Crippen LogP contribution < -0.4 is 14.8 Å². The molecular formula is C37H46F5N3O6. The number of hydrogen-bond donors (Lipinski definition) is 1. The minimum absolute atomic E-state index is 0.0919. The molecule has 3 unspecified atom stereocenters. The molecule has 280 valence electrons. The molecule has 2 aromatic rings. The molecule has 3 heterocycles. The van der Waals surface area contributed by atoms with Crippen LogP contribution in [0, 0.1) is 29.1 Å². The van der Waals surface area contributed by atoms with Crippen LogP contribution in [-0.2, 0) is 26.4 Å². The Morgan fingerprint density at radius 2 is 1.80 bits per heavy atom. The number of rotatable bonds is 3. The number of benzene rings is 1. The molecule has 3 fully saturated rings. The molecule has 2 aliphatic heterocycles. The number of halogens is 5. The van der Waals surface area contributed by atoms with Crippen molar-refractivity contribution in [3.05, 3.63) is 29.3 Å². The van der Waals surface area contributed by atoms with Gasteiger partial charge in [0.1, 0.15) is 24.0 Å². The Kier molecular flexibility index (Phi) is 9.71. The van der Waals surface area contributed by atoms with Crippen LogP contribution in [-0.4, -0.2) is 65.6 Å². The van der Waals surface area contributed by atoms with Crippen molar-refractivity contribution in [2.75, 3.05) is 13.7 Å². The van der Waals surface area contributed by atoms with Crippen molar-refractivity contribution in [3.63, 3.8) is 0 Å². The topological polar surface area (TPSA) is 107 Å². The number of carbonyl (C=O) groups is 3. The molecule has 2 amide bonds. The summed E-state index contributed by atoms with van der Waals surface area (Å²) in [7, 11) is 1.32. The SMILES string of the molecule is CCC1[C@@H]2CN(C(=O)[C@H](C(C)(C)C)NC(=O)O[C@@H]3CC4CC4[C@H]3CCCCC(F)(F)c3c(nc4cc(OC)ccc4c3C(F)(F)F)O2)[C@@H]1C(C)=O. The Morgan fingerprint density at radius 3 is 2.43 bits per heavy atom. The van der Waals surface area contributed by atoms with Crippen molar-refractivity contribution in [1.29, 1.82) is 0 Å². The summed E-state index contributed by atoms with van der Waals surface area (Å²) in [5.74, 6) is -6.05. The molecule has 4 aliphatic rings. The lowest BCUT2D eigenvalue weighted by molar-refractivity contribution is -0.141. The number of alkyl carbamates (subject to hydrolysis) is 1. The number of fused-ring (bicyclic) bond motifs is 7. The number of methoxy groups -OCH3 is 1. The Bertz CT molecular complexity index is 1690. The highest BCUT2D eigenvalue weighted by molar-refractivity contribution is 5.93. The minimum Gasteiger partial charge on any atom is -0.497 e. The number of ether oxygens (including phenoxy) is 3. The number of aromatic nitrogens is 1. The van der Waals surface area contributed by atoms with E-state index in [1.807, 2.05) is 0 Å². The van der Waals surface area contributed by atoms with Gasteiger partial charge in [0.25, 0.3) is 5.92 Å². The number of nitrogens with one attached hydrogen (secondary N) is 1. The molecule has 2 bridgehead atoms. The first-order valence-electron chi connectivity index (χ1n) is 17.8. The first kappa shape index (κ1) is 37.1. The van der Waals surface area contributed by atoms with E-state index in [1.54, 1.807) is 27.7 Å². The summed E-state index contributed by atoms with van der Waals surface area (Å²) in [5.41, 5.74) is -4.03. The standard InChI is InChI=1S/C37H46F5N3O6/c1-7-21-27-17-45(30(21)18(2)46)33(47)31(35(3,4)5)44-34(48)51-26-15-19-14-24(19)22(26)10-8-9-13-36(38,39)29-28(37(40,41)42)23-12-11-20(49-6)16-25(23)43-32(29)50-27/h11-12,16,19,21-22,24,26-27,30-31H,7-10,13-15,17H2,1-6H3,(H,44,48)/t19?,21?,22-,24?,26-,27+,30-,31-/m1/s1. The Hall–Kier alpha value is -3.71. The van der Waals surface area contributed by atoms with E-state index in [-0.39, 0.29) is 48.9 Å². The third-order valence-electron chi connectivity index (χ3n) is 11.3. The van der Waals surface area contributed by atoms with Gasteiger partial charge in [-0.1, -0.05) is 34.1 Å². The monoisotopic (exact) mass is 723 g/mol. The van der Waals surface area contributed by atoms with Gasteiger partial charge >= 0.3 is 12.3 Å². The number of alkyl halides is 5. The van der Waals surface area contributed by atoms with Gasteiger partial charge in [-0.3, -0.25) is 9.59 Å². The number of carbonyl (C=O) groups excluding carboxylic acids is 3. The maximum atomic E-state index is 16.5. The van der Waals surface area contributed by atoms with Crippen LogP contribution in [0.4, 0.5) is 26.7 Å². The molecule has 1 saturated heterocycles. The molecule has 51 heavy (non-hydrogen) atoms. The molecule has 1 aromatic heterocycles. The molecule has 6 rings (SSSR count). The van der Waals surface area contributed by atoms with Gasteiger partial charge in [-0.15, -0.1) is 0 Å². The summed E-state index contributed by atoms with van der Waals surface area (Å²) < 4.78 is 95.4. The fourth-order valence-electron chi connectivity index (χ4n) is 8.75. The summed E-state index contributed by atoms with van der Waals surface area (Å²) >= 11 is 0. The van der Waals surface area contributed by atoms with Crippen molar-refractivity contribution in [2.24, 2.45) is 29.1 Å². The average molecular weight is 724 g/mol. The second-order valence-corrected chi connectivity index (χ2v) is 15.7. The van der Waals surface area contributed by atoms with Crippen LogP contribution in [0.25, 0.3) is 10.9 Å². The van der Waals surface area contributed by atoms with Gasteiger partial charge < -0.3 is 24.4 Å². The lowest BCUT2D eigenvalue weighted by Crippen LogP contribution is -2.57. The maximum Gasteiger partial charge on any atom is 0.417 e. The van der Waals surface area contributed by atoms with E-state index in [9.17, 15) is 14.4 Å². The van der Waals surface area contributed by atoms with Gasteiger partial charge in [0.05, 0.1) is 36.3 Å². The van der Waals surface area contributed by atoms with Crippen LogP contribution in [0.2, 0.25) is 0 Å². The molecule has 0 radical (unpaired) electrons. The number of nitrogens with zero attached hydrogens (tertiary/aromatic N) is 2. The van der Waals surface area contributed by atoms with Crippen molar-refractivity contribution in [1.82, 2.24) is 15.2 Å². The minimum atomic E-state index is -5.22. The highest BCUT2D eigenvalue weighted by atomic mass is 19.4. The van der Waals surface area contributed by atoms with E-state index in [0.717, 1.165) is 12.5 Å². The molecule has 8 atom stereocenters. The summed E-state index contributed by atoms with van der Waals surface area (Å²) in [6.45, 7) is 7.94. The first-order chi connectivity index (χ1) is 23.8. The van der Waals surface area contributed by atoms with E-state index < -0.39 is 94.3 Å². The van der Waals surface area contributed by atoms with Gasteiger partial charge in [-0.2, -0.15) is 13.2 Å². The number of pyridine rings is 1. The van der Waals surface area contributed by atoms with Crippen molar-refractivity contribution >= 4 is 28.7 Å². The molecule has 14 heteroatoms. The quantitative estimate of drug-likeness (QED) is 0.324. The van der Waals surface area contributed by atoms with Crippen LogP contribution in [0.5, 0.6) is 11.6 Å². The largest absolute Gasteiger partial charge is 0.497 e. The fraction of sp³-hybridized carbons (Fsp3) is 0.676. The molecule has 2 aliphatic carbocycles. The number of ketones is 1. The summed E-state index contributed by atoms with van der Waals surface area (Å²) in [6.07, 6.45) is -6.15. The predicted octanol–water partition coefficient (Wildman–Crippen LogP) is 7.67. The summed E-state index contributed by atoms with van der Waals surface area (Å²) in [6, 6.07) is 1.29. The van der Waals surface area contributed by atoms with Gasteiger partial charge in [0.2, 0.25) is 11.8 Å². The number of hydrogen-bond acceptors (Lipinski definition) is 7. The zero-order valence-electron chi connectivity index (χ0n) is 29.7. The van der Waals surface area contributed by atoms with Crippen LogP contribution in [0.3, 0.4) is 0 Å². The lowest BCUT2D eigenvalue weighted by atomic mass is 9.85. The Morgan fingerprint density at radius 1 is 1.08 bits per heavy atom. The third-order valence-corrected chi connectivity index (χ3v) is 11.3. The Labute approximate surface area is 293 Å².